The molecule has 1 fully saturated rings. The summed E-state index contributed by atoms with van der Waals surface area (Å²) >= 11 is 19.1. The van der Waals surface area contributed by atoms with Crippen LogP contribution in [0.3, 0.4) is 0 Å². The number of benzene rings is 1. The van der Waals surface area contributed by atoms with Gasteiger partial charge >= 0.3 is 0 Å². The van der Waals surface area contributed by atoms with Crippen molar-refractivity contribution in [1.29, 1.82) is 5.26 Å². The molecule has 1 saturated heterocycles. The van der Waals surface area contributed by atoms with Crippen molar-refractivity contribution >= 4 is 68.8 Å². The number of fused-ring (bicyclic) bond motifs is 1. The lowest BCUT2D eigenvalue weighted by Crippen LogP contribution is -2.54. The third-order valence-corrected chi connectivity index (χ3v) is 9.46. The maximum absolute atomic E-state index is 14.9. The number of amides is 1. The van der Waals surface area contributed by atoms with Crippen molar-refractivity contribution in [2.45, 2.75) is 39.8 Å². The van der Waals surface area contributed by atoms with Crippen LogP contribution in [0.5, 0.6) is 0 Å². The zero-order chi connectivity index (χ0) is 33.8. The molecule has 4 heterocycles. The summed E-state index contributed by atoms with van der Waals surface area (Å²) < 4.78 is 30.7. The minimum absolute atomic E-state index is 0.0682. The van der Waals surface area contributed by atoms with E-state index in [0.29, 0.717) is 17.6 Å². The number of aromatic nitrogens is 2. The van der Waals surface area contributed by atoms with Crippen LogP contribution in [0.4, 0.5) is 20.2 Å². The van der Waals surface area contributed by atoms with Gasteiger partial charge in [0.15, 0.2) is 11.6 Å². The minimum atomic E-state index is -1.44. The molecule has 1 amide bonds. The van der Waals surface area contributed by atoms with E-state index in [1.807, 2.05) is 38.7 Å². The van der Waals surface area contributed by atoms with Gasteiger partial charge in [-0.15, -0.1) is 0 Å². The first-order chi connectivity index (χ1) is 21.7. The van der Waals surface area contributed by atoms with E-state index in [9.17, 15) is 23.6 Å². The predicted molar refractivity (Wildman–Crippen MR) is 179 cm³/mol. The molecule has 2 aromatic heterocycles. The Morgan fingerprint density at radius 2 is 1.87 bits per heavy atom. The first kappa shape index (κ1) is 33.4. The van der Waals surface area contributed by atoms with E-state index in [2.05, 4.69) is 17.6 Å². The fourth-order valence-electron chi connectivity index (χ4n) is 6.21. The van der Waals surface area contributed by atoms with E-state index < -0.39 is 39.0 Å². The van der Waals surface area contributed by atoms with Crippen LogP contribution in [0, 0.1) is 34.8 Å². The van der Waals surface area contributed by atoms with Gasteiger partial charge in [-0.1, -0.05) is 68.2 Å². The first-order valence-corrected chi connectivity index (χ1v) is 15.6. The molecule has 0 aliphatic carbocycles. The number of aliphatic imine (C=N–C) groups is 1. The molecule has 240 valence electrons. The van der Waals surface area contributed by atoms with E-state index in [-0.39, 0.29) is 70.1 Å². The second-order valence-electron chi connectivity index (χ2n) is 11.6. The van der Waals surface area contributed by atoms with Crippen LogP contribution in [0.2, 0.25) is 15.1 Å². The van der Waals surface area contributed by atoms with E-state index in [0.717, 1.165) is 0 Å². The molecule has 46 heavy (non-hydrogen) atoms. The molecule has 2 aliphatic heterocycles. The summed E-state index contributed by atoms with van der Waals surface area (Å²) in [5.41, 5.74) is 5.62. The highest BCUT2D eigenvalue weighted by Crippen LogP contribution is 2.45. The number of pyridine rings is 2. The number of halogens is 5. The van der Waals surface area contributed by atoms with Crippen LogP contribution in [0.1, 0.15) is 39.3 Å². The largest absolute Gasteiger partial charge is 0.397 e. The summed E-state index contributed by atoms with van der Waals surface area (Å²) in [6.07, 6.45) is 4.75. The molecule has 0 bridgehead atoms. The van der Waals surface area contributed by atoms with Crippen LogP contribution in [-0.4, -0.2) is 51.7 Å². The number of nitrogen functional groups attached to an aromatic ring is 1. The number of rotatable bonds is 5. The highest BCUT2D eigenvalue weighted by molar-refractivity contribution is 6.40. The fraction of sp³-hybridized carbons (Fsp3) is 0.344. The Kier molecular flexibility index (Phi) is 9.19. The van der Waals surface area contributed by atoms with Crippen molar-refractivity contribution in [2.75, 3.05) is 30.3 Å². The Bertz CT molecular complexity index is 1940. The number of carbonyl (C=O) groups is 1. The maximum Gasteiger partial charge on any atom is 0.272 e. The molecule has 2 N–H and O–H groups in total. The number of nitrogens with two attached hydrogens (primary N) is 1. The van der Waals surface area contributed by atoms with Gasteiger partial charge in [-0.3, -0.25) is 19.1 Å². The number of hydrogen-bond acceptors (Lipinski definition) is 7. The van der Waals surface area contributed by atoms with E-state index in [1.165, 1.54) is 16.7 Å². The molecule has 2 aliphatic rings. The number of anilines is 2. The van der Waals surface area contributed by atoms with Crippen molar-refractivity contribution < 1.29 is 13.6 Å². The molecule has 9 nitrogen and oxygen atoms in total. The molecule has 5 rings (SSSR count). The average Bonchev–Trinajstić information content (AvgIpc) is 3.02. The molecule has 3 atom stereocenters. The monoisotopic (exact) mass is 687 g/mol. The number of hydrogen-bond donors (Lipinski definition) is 1. The van der Waals surface area contributed by atoms with E-state index in [4.69, 9.17) is 45.5 Å². The SMILES string of the molecule is C=CC(=O)N1CCN(c2c(C#N)c(=O)n(C3C(C(C)C)=NC=CC3C)c3nc(-c4c(N)c(Cl)c(F)c(F)c4Cl)c(Cl)cc23)C[C@H]1C. The van der Waals surface area contributed by atoms with Gasteiger partial charge in [-0.05, 0) is 25.0 Å². The smallest absolute Gasteiger partial charge is 0.272 e. The van der Waals surface area contributed by atoms with Crippen LogP contribution < -0.4 is 16.2 Å². The Balaban J connectivity index is 1.89. The van der Waals surface area contributed by atoms with Gasteiger partial charge in [0, 0.05) is 54.5 Å². The molecule has 1 aromatic carbocycles. The Morgan fingerprint density at radius 1 is 1.20 bits per heavy atom. The van der Waals surface area contributed by atoms with Crippen LogP contribution >= 0.6 is 34.8 Å². The van der Waals surface area contributed by atoms with Crippen molar-refractivity contribution in [3.05, 3.63) is 73.6 Å². The van der Waals surface area contributed by atoms with Crippen molar-refractivity contribution in [3.63, 3.8) is 0 Å². The lowest BCUT2D eigenvalue weighted by Gasteiger charge is -2.41. The average molecular weight is 689 g/mol. The molecular formula is C32H30Cl3F2N7O2. The van der Waals surface area contributed by atoms with Crippen LogP contribution in [-0.2, 0) is 4.79 Å². The third kappa shape index (κ3) is 5.32. The highest BCUT2D eigenvalue weighted by Gasteiger charge is 2.36. The van der Waals surface area contributed by atoms with Gasteiger partial charge in [0.05, 0.1) is 33.2 Å². The second-order valence-corrected chi connectivity index (χ2v) is 12.8. The molecule has 0 saturated carbocycles. The fourth-order valence-corrected chi connectivity index (χ4v) is 6.91. The van der Waals surface area contributed by atoms with Gasteiger partial charge < -0.3 is 15.5 Å². The second kappa shape index (κ2) is 12.7. The van der Waals surface area contributed by atoms with E-state index in [1.54, 1.807) is 11.1 Å². The normalized spacial score (nSPS) is 19.8. The van der Waals surface area contributed by atoms with Gasteiger partial charge in [-0.2, -0.15) is 5.26 Å². The van der Waals surface area contributed by atoms with Crippen molar-refractivity contribution in [1.82, 2.24) is 14.5 Å². The molecule has 3 aromatic rings. The Morgan fingerprint density at radius 3 is 2.48 bits per heavy atom. The standard InChI is InChI=1S/C32H30Cl3F2N7O2/c1-6-20(45)43-10-9-42(13-16(43)5)30-17-11-19(33)28(21-22(34)24(36)25(37)23(35)26(21)39)41-31(17)44(32(46)18(30)12-38)29-15(4)7-8-40-27(29)14(2)3/h6-8,11,14-16,29H,1,9-10,13,39H2,2-5H3/t15?,16-,29?/m1/s1. The Labute approximate surface area is 279 Å². The van der Waals surface area contributed by atoms with Crippen molar-refractivity contribution in [2.24, 2.45) is 16.8 Å². The topological polar surface area (TPSA) is 121 Å². The first-order valence-electron chi connectivity index (χ1n) is 14.5. The summed E-state index contributed by atoms with van der Waals surface area (Å²) in [7, 11) is 0. The van der Waals surface area contributed by atoms with Gasteiger partial charge in [-0.25, -0.2) is 13.8 Å². The number of allylic oxidation sites excluding steroid dienone is 1. The molecule has 2 unspecified atom stereocenters. The highest BCUT2D eigenvalue weighted by atomic mass is 35.5. The van der Waals surface area contributed by atoms with Crippen molar-refractivity contribution in [3.8, 4) is 17.3 Å². The lowest BCUT2D eigenvalue weighted by molar-refractivity contribution is -0.128. The summed E-state index contributed by atoms with van der Waals surface area (Å²) in [5.74, 6) is -3.45. The summed E-state index contributed by atoms with van der Waals surface area (Å²) in [5, 5.41) is 9.35. The summed E-state index contributed by atoms with van der Waals surface area (Å²) in [4.78, 5) is 39.8. The third-order valence-electron chi connectivity index (χ3n) is 8.45. The zero-order valence-corrected chi connectivity index (χ0v) is 27.7. The number of nitriles is 1. The van der Waals surface area contributed by atoms with Gasteiger partial charge in [0.25, 0.3) is 5.56 Å². The summed E-state index contributed by atoms with van der Waals surface area (Å²) in [6.45, 7) is 12.1. The lowest BCUT2D eigenvalue weighted by atomic mass is 9.88. The molecule has 14 heteroatoms. The Hall–Kier alpha value is -3.98. The zero-order valence-electron chi connectivity index (χ0n) is 25.4. The molecule has 0 spiro atoms. The number of nitrogens with zero attached hydrogens (tertiary/aromatic N) is 6. The van der Waals surface area contributed by atoms with Gasteiger partial charge in [0.2, 0.25) is 5.91 Å². The molecule has 0 radical (unpaired) electrons. The van der Waals surface area contributed by atoms with E-state index >= 15 is 0 Å². The maximum atomic E-state index is 14.9. The van der Waals surface area contributed by atoms with Crippen LogP contribution in [0.15, 0.2) is 40.8 Å². The molecular weight excluding hydrogens is 659 g/mol. The minimum Gasteiger partial charge on any atom is -0.397 e. The number of carbonyl (C=O) groups excluding carboxylic acids is 1. The predicted octanol–water partition coefficient (Wildman–Crippen LogP) is 6.78. The number of piperazine rings is 1. The quantitative estimate of drug-likeness (QED) is 0.137. The summed E-state index contributed by atoms with van der Waals surface area (Å²) in [6, 6.07) is 2.65. The van der Waals surface area contributed by atoms with Gasteiger partial charge in [0.1, 0.15) is 22.3 Å². The van der Waals surface area contributed by atoms with Crippen LogP contribution in [0.25, 0.3) is 22.3 Å².